The molecule has 0 atom stereocenters. The van der Waals surface area contributed by atoms with E-state index in [0.717, 1.165) is 75.5 Å². The van der Waals surface area contributed by atoms with Gasteiger partial charge in [-0.3, -0.25) is 19.2 Å². The first-order valence-corrected chi connectivity index (χ1v) is 16.0. The highest BCUT2D eigenvalue weighted by molar-refractivity contribution is 8.39. The molecule has 42 heavy (non-hydrogen) atoms. The zero-order valence-corrected chi connectivity index (χ0v) is 25.1. The molecule has 0 bridgehead atoms. The molecule has 6 rings (SSSR count). The minimum absolute atomic E-state index is 0.618. The first-order valence-electron chi connectivity index (χ1n) is 12.8. The minimum atomic E-state index is 0.618. The molecule has 2 heterocycles. The number of carbonyl (C=O) groups is 4. The number of hydrogen-bond acceptors (Lipinski definition) is 8. The lowest BCUT2D eigenvalue weighted by Crippen LogP contribution is -1.86. The van der Waals surface area contributed by atoms with Crippen LogP contribution >= 0.6 is 47.0 Å². The van der Waals surface area contributed by atoms with Gasteiger partial charge in [0, 0.05) is 41.9 Å². The molecule has 2 aliphatic rings. The van der Waals surface area contributed by atoms with E-state index in [2.05, 4.69) is 0 Å². The summed E-state index contributed by atoms with van der Waals surface area (Å²) in [5.41, 5.74) is 6.52. The van der Waals surface area contributed by atoms with E-state index >= 15 is 0 Å². The molecule has 0 amide bonds. The molecule has 0 fully saturated rings. The molecule has 0 N–H and O–H groups in total. The topological polar surface area (TPSA) is 68.3 Å². The Morgan fingerprint density at radius 1 is 0.310 bits per heavy atom. The van der Waals surface area contributed by atoms with Crippen molar-refractivity contribution >= 4 is 91.8 Å². The number of carbonyl (C=O) groups excluding carboxylic acids is 4. The third kappa shape index (κ3) is 5.76. The summed E-state index contributed by atoms with van der Waals surface area (Å²) < 4.78 is 2.27. The maximum Gasteiger partial charge on any atom is 0.150 e. The zero-order valence-electron chi connectivity index (χ0n) is 21.8. The Balaban J connectivity index is 1.41. The number of aldehydes is 4. The Morgan fingerprint density at radius 3 is 0.667 bits per heavy atom. The van der Waals surface area contributed by atoms with Crippen molar-refractivity contribution in [1.82, 2.24) is 0 Å². The summed E-state index contributed by atoms with van der Waals surface area (Å²) >= 11 is 6.79. The first-order chi connectivity index (χ1) is 20.6. The summed E-state index contributed by atoms with van der Waals surface area (Å²) in [6.07, 6.45) is 3.35. The van der Waals surface area contributed by atoms with E-state index in [-0.39, 0.29) is 0 Å². The van der Waals surface area contributed by atoms with Crippen molar-refractivity contribution in [2.45, 2.75) is 0 Å². The van der Waals surface area contributed by atoms with Crippen LogP contribution in [0.15, 0.2) is 106 Å². The second-order valence-electron chi connectivity index (χ2n) is 9.26. The molecular formula is C34H20O4S4. The summed E-state index contributed by atoms with van der Waals surface area (Å²) in [5, 5.41) is 0. The van der Waals surface area contributed by atoms with Crippen LogP contribution in [0.1, 0.15) is 63.7 Å². The van der Waals surface area contributed by atoms with Crippen molar-refractivity contribution in [2.24, 2.45) is 0 Å². The predicted octanol–water partition coefficient (Wildman–Crippen LogP) is 9.37. The lowest BCUT2D eigenvalue weighted by molar-refractivity contribution is 0.111. The van der Waals surface area contributed by atoms with Crippen LogP contribution in [0, 0.1) is 0 Å². The predicted molar refractivity (Wildman–Crippen MR) is 178 cm³/mol. The molecule has 0 saturated heterocycles. The molecular weight excluding hydrogens is 601 g/mol. The minimum Gasteiger partial charge on any atom is -0.298 e. The fraction of sp³-hybridized carbons (Fsp3) is 0. The van der Waals surface area contributed by atoms with Gasteiger partial charge in [0.25, 0.3) is 0 Å². The Hall–Kier alpha value is -3.82. The van der Waals surface area contributed by atoms with Crippen LogP contribution in [-0.4, -0.2) is 25.1 Å². The van der Waals surface area contributed by atoms with Gasteiger partial charge in [-0.1, -0.05) is 144 Å². The standard InChI is InChI=1S/C34H20O4S4/c35-17-21-1-9-25(10-2-21)29-30(26-11-3-22(18-36)4-12-26)40-33(39-29)34-41-31(27-13-5-23(19-37)6-14-27)32(42-34)28-15-7-24(20-38)8-16-28/h1-20H. The number of rotatable bonds is 8. The quantitative estimate of drug-likeness (QED) is 0.181. The third-order valence-electron chi connectivity index (χ3n) is 6.59. The average molecular weight is 621 g/mol. The summed E-state index contributed by atoms with van der Waals surface area (Å²) in [6, 6.07) is 30.3. The van der Waals surface area contributed by atoms with Crippen LogP contribution in [0.3, 0.4) is 0 Å². The monoisotopic (exact) mass is 620 g/mol. The van der Waals surface area contributed by atoms with Gasteiger partial charge in [-0.25, -0.2) is 0 Å². The molecule has 8 heteroatoms. The molecule has 4 aromatic carbocycles. The molecule has 0 spiro atoms. The highest BCUT2D eigenvalue weighted by Crippen LogP contribution is 2.66. The molecule has 0 unspecified atom stereocenters. The summed E-state index contributed by atoms with van der Waals surface area (Å²) in [4.78, 5) is 49.4. The largest absolute Gasteiger partial charge is 0.298 e. The van der Waals surface area contributed by atoms with Gasteiger partial charge < -0.3 is 0 Å². The van der Waals surface area contributed by atoms with Gasteiger partial charge in [0.2, 0.25) is 0 Å². The number of hydrogen-bond donors (Lipinski definition) is 0. The van der Waals surface area contributed by atoms with Gasteiger partial charge in [-0.05, 0) is 22.3 Å². The van der Waals surface area contributed by atoms with Crippen molar-refractivity contribution in [1.29, 1.82) is 0 Å². The molecule has 0 aliphatic carbocycles. The van der Waals surface area contributed by atoms with Crippen LogP contribution in [0.4, 0.5) is 0 Å². The van der Waals surface area contributed by atoms with Gasteiger partial charge in [0.1, 0.15) is 25.1 Å². The van der Waals surface area contributed by atoms with E-state index in [0.29, 0.717) is 22.3 Å². The summed E-state index contributed by atoms with van der Waals surface area (Å²) in [5.74, 6) is 0. The third-order valence-corrected chi connectivity index (χ3v) is 12.5. The SMILES string of the molecule is O=Cc1ccc(C2=C(c3ccc(C=O)cc3)SC(=C3SC(c4ccc(C=O)cc4)=C(c4ccc(C=O)cc4)S3)S2)cc1. The average Bonchev–Trinajstić information content (AvgIpc) is 3.71. The van der Waals surface area contributed by atoms with Crippen LogP contribution in [-0.2, 0) is 0 Å². The highest BCUT2D eigenvalue weighted by atomic mass is 32.2. The fourth-order valence-electron chi connectivity index (χ4n) is 4.38. The number of benzene rings is 4. The van der Waals surface area contributed by atoms with Crippen molar-refractivity contribution < 1.29 is 19.2 Å². The molecule has 2 aliphatic heterocycles. The van der Waals surface area contributed by atoms with Crippen LogP contribution in [0.2, 0.25) is 0 Å². The fourth-order valence-corrected chi connectivity index (χ4v) is 10.1. The van der Waals surface area contributed by atoms with Crippen LogP contribution < -0.4 is 0 Å². The second-order valence-corrected chi connectivity index (χ2v) is 13.9. The van der Waals surface area contributed by atoms with Crippen molar-refractivity contribution in [3.63, 3.8) is 0 Å². The lowest BCUT2D eigenvalue weighted by Gasteiger charge is -2.06. The summed E-state index contributed by atoms with van der Waals surface area (Å²) in [7, 11) is 0. The lowest BCUT2D eigenvalue weighted by atomic mass is 10.1. The van der Waals surface area contributed by atoms with E-state index in [1.165, 1.54) is 0 Å². The summed E-state index contributed by atoms with van der Waals surface area (Å²) in [6.45, 7) is 0. The van der Waals surface area contributed by atoms with Crippen LogP contribution in [0.25, 0.3) is 19.6 Å². The van der Waals surface area contributed by atoms with Gasteiger partial charge in [-0.15, -0.1) is 0 Å². The zero-order chi connectivity index (χ0) is 29.1. The van der Waals surface area contributed by atoms with Crippen molar-refractivity contribution in [3.05, 3.63) is 150 Å². The molecule has 204 valence electrons. The van der Waals surface area contributed by atoms with E-state index in [1.54, 1.807) is 47.0 Å². The number of thioether (sulfide) groups is 4. The molecule has 0 aromatic heterocycles. The van der Waals surface area contributed by atoms with E-state index in [9.17, 15) is 19.2 Å². The van der Waals surface area contributed by atoms with E-state index < -0.39 is 0 Å². The smallest absolute Gasteiger partial charge is 0.150 e. The van der Waals surface area contributed by atoms with Crippen molar-refractivity contribution in [3.8, 4) is 0 Å². The Kier molecular flexibility index (Phi) is 8.48. The van der Waals surface area contributed by atoms with E-state index in [4.69, 9.17) is 0 Å². The molecule has 0 saturated carbocycles. The highest BCUT2D eigenvalue weighted by Gasteiger charge is 2.32. The Bertz CT molecular complexity index is 1530. The second kappa shape index (κ2) is 12.6. The molecule has 0 radical (unpaired) electrons. The Labute approximate surface area is 259 Å². The molecule has 4 aromatic rings. The van der Waals surface area contributed by atoms with Crippen molar-refractivity contribution in [2.75, 3.05) is 0 Å². The van der Waals surface area contributed by atoms with Crippen LogP contribution in [0.5, 0.6) is 0 Å². The maximum atomic E-state index is 11.3. The van der Waals surface area contributed by atoms with Gasteiger partial charge in [-0.2, -0.15) is 0 Å². The first kappa shape index (κ1) is 28.3. The van der Waals surface area contributed by atoms with Gasteiger partial charge in [0.05, 0.1) is 8.47 Å². The van der Waals surface area contributed by atoms with Gasteiger partial charge >= 0.3 is 0 Å². The van der Waals surface area contributed by atoms with E-state index in [1.807, 2.05) is 97.1 Å². The normalized spacial score (nSPS) is 14.9. The Morgan fingerprint density at radius 2 is 0.500 bits per heavy atom. The molecule has 4 nitrogen and oxygen atoms in total. The van der Waals surface area contributed by atoms with Gasteiger partial charge in [0.15, 0.2) is 0 Å². The maximum absolute atomic E-state index is 11.3.